The van der Waals surface area contributed by atoms with Gasteiger partial charge >= 0.3 is 0 Å². The summed E-state index contributed by atoms with van der Waals surface area (Å²) in [6.07, 6.45) is 41.2. The largest absolute Gasteiger partial charge is 0.0885 e. The molecular weight excluding hydrogens is 360 g/mol. The highest BCUT2D eigenvalue weighted by Gasteiger charge is 1.95. The van der Waals surface area contributed by atoms with Crippen LogP contribution in [-0.4, -0.2) is 0 Å². The molecule has 0 aliphatic rings. The molecule has 0 rings (SSSR count). The number of allylic oxidation sites excluding steroid dienone is 2. The van der Waals surface area contributed by atoms with Crippen molar-refractivity contribution in [1.82, 2.24) is 0 Å². The zero-order valence-corrected chi connectivity index (χ0v) is 21.0. The van der Waals surface area contributed by atoms with Crippen LogP contribution in [0.4, 0.5) is 0 Å². The van der Waals surface area contributed by atoms with E-state index in [9.17, 15) is 0 Å². The maximum Gasteiger partial charge on any atom is -0.0351 e. The van der Waals surface area contributed by atoms with Gasteiger partial charge in [-0.25, -0.2) is 0 Å². The molecule has 0 nitrogen and oxygen atoms in total. The molecule has 0 amide bonds. The molecule has 0 heterocycles. The van der Waals surface area contributed by atoms with Crippen LogP contribution in [0.15, 0.2) is 12.2 Å². The van der Waals surface area contributed by atoms with Crippen LogP contribution >= 0.6 is 0 Å². The molecule has 30 heavy (non-hydrogen) atoms. The molecule has 0 aromatic heterocycles. The molecule has 0 aliphatic carbocycles. The van der Waals surface area contributed by atoms with E-state index in [4.69, 9.17) is 0 Å². The number of hydrogen-bond acceptors (Lipinski definition) is 0. The molecule has 0 spiro atoms. The summed E-state index contributed by atoms with van der Waals surface area (Å²) >= 11 is 0. The standard InChI is InChI=1S/C30H58/c1-3-5-7-9-11-13-15-17-19-21-23-25-27-29-30-28-26-24-22-20-18-16-14-12-10-8-6-4-2/h7,9H,1-6,8,10-30H2/b9-7+. The predicted octanol–water partition coefficient (Wildman–Crippen LogP) is 11.4. The van der Waals surface area contributed by atoms with Crippen molar-refractivity contribution in [3.05, 3.63) is 26.0 Å². The Kier molecular flexibility index (Phi) is 28.5. The first-order valence-corrected chi connectivity index (χ1v) is 14.1. The van der Waals surface area contributed by atoms with Crippen LogP contribution in [0.1, 0.15) is 167 Å². The van der Waals surface area contributed by atoms with E-state index in [0.717, 1.165) is 19.3 Å². The van der Waals surface area contributed by atoms with Gasteiger partial charge in [0.25, 0.3) is 0 Å². The second-order valence-electron chi connectivity index (χ2n) is 9.53. The average Bonchev–Trinajstić information content (AvgIpc) is 2.76. The molecular formula is C30H58. The Bertz CT molecular complexity index is 303. The Morgan fingerprint density at radius 2 is 0.533 bits per heavy atom. The highest BCUT2D eigenvalue weighted by Crippen LogP contribution is 2.15. The predicted molar refractivity (Wildman–Crippen MR) is 140 cm³/mol. The number of unbranched alkanes of at least 4 members (excludes halogenated alkanes) is 24. The van der Waals surface area contributed by atoms with E-state index in [0.29, 0.717) is 0 Å². The zero-order chi connectivity index (χ0) is 21.8. The SMILES string of the molecule is [CH2]CC/C=C/CCCCCCCCCCCCCCCCCCCCCCCC[CH2]. The maximum absolute atomic E-state index is 3.92. The Hall–Kier alpha value is -0.260. The lowest BCUT2D eigenvalue weighted by atomic mass is 10.0. The van der Waals surface area contributed by atoms with Crippen molar-refractivity contribution in [2.75, 3.05) is 0 Å². The first-order chi connectivity index (χ1) is 14.9. The lowest BCUT2D eigenvalue weighted by Crippen LogP contribution is -1.84. The average molecular weight is 419 g/mol. The van der Waals surface area contributed by atoms with Gasteiger partial charge in [-0.05, 0) is 25.7 Å². The van der Waals surface area contributed by atoms with Crippen LogP contribution in [-0.2, 0) is 0 Å². The van der Waals surface area contributed by atoms with Gasteiger partial charge in [-0.15, -0.1) is 0 Å². The van der Waals surface area contributed by atoms with Crippen molar-refractivity contribution in [3.8, 4) is 0 Å². The third-order valence-electron chi connectivity index (χ3n) is 6.41. The summed E-state index contributed by atoms with van der Waals surface area (Å²) in [6, 6.07) is 0. The molecule has 0 unspecified atom stereocenters. The smallest absolute Gasteiger partial charge is 0.0351 e. The molecule has 0 aliphatic heterocycles. The Labute approximate surface area is 193 Å². The van der Waals surface area contributed by atoms with E-state index >= 15 is 0 Å². The van der Waals surface area contributed by atoms with Gasteiger partial charge in [-0.1, -0.05) is 167 Å². The fraction of sp³-hybridized carbons (Fsp3) is 0.867. The lowest BCUT2D eigenvalue weighted by molar-refractivity contribution is 0.518. The topological polar surface area (TPSA) is 0 Å². The third-order valence-corrected chi connectivity index (χ3v) is 6.41. The molecule has 178 valence electrons. The normalized spacial score (nSPS) is 11.7. The summed E-state index contributed by atoms with van der Waals surface area (Å²) in [5, 5.41) is 0. The molecule has 0 fully saturated rings. The van der Waals surface area contributed by atoms with Crippen molar-refractivity contribution >= 4 is 0 Å². The Morgan fingerprint density at radius 3 is 0.833 bits per heavy atom. The third kappa shape index (κ3) is 27.7. The van der Waals surface area contributed by atoms with Crippen LogP contribution < -0.4 is 0 Å². The van der Waals surface area contributed by atoms with Crippen LogP contribution in [0, 0.1) is 13.8 Å². The van der Waals surface area contributed by atoms with Crippen molar-refractivity contribution in [2.24, 2.45) is 0 Å². The molecule has 0 saturated heterocycles. The van der Waals surface area contributed by atoms with E-state index < -0.39 is 0 Å². The molecule has 2 radical (unpaired) electrons. The van der Waals surface area contributed by atoms with Crippen LogP contribution in [0.25, 0.3) is 0 Å². The summed E-state index contributed by atoms with van der Waals surface area (Å²) in [6.45, 7) is 7.78. The molecule has 0 saturated carbocycles. The van der Waals surface area contributed by atoms with Gasteiger partial charge in [0.05, 0.1) is 0 Å². The highest BCUT2D eigenvalue weighted by molar-refractivity contribution is 4.81. The second kappa shape index (κ2) is 28.7. The zero-order valence-electron chi connectivity index (χ0n) is 21.0. The quantitative estimate of drug-likeness (QED) is 0.0967. The monoisotopic (exact) mass is 418 g/mol. The van der Waals surface area contributed by atoms with Crippen molar-refractivity contribution < 1.29 is 0 Å². The van der Waals surface area contributed by atoms with Crippen molar-refractivity contribution in [3.63, 3.8) is 0 Å². The van der Waals surface area contributed by atoms with Crippen molar-refractivity contribution in [2.45, 2.75) is 167 Å². The Morgan fingerprint density at radius 1 is 0.267 bits per heavy atom. The van der Waals surface area contributed by atoms with E-state index in [1.165, 1.54) is 148 Å². The van der Waals surface area contributed by atoms with Gasteiger partial charge in [0.1, 0.15) is 0 Å². The lowest BCUT2D eigenvalue weighted by Gasteiger charge is -2.04. The van der Waals surface area contributed by atoms with Gasteiger partial charge < -0.3 is 0 Å². The maximum atomic E-state index is 3.92. The number of rotatable bonds is 26. The van der Waals surface area contributed by atoms with E-state index in [-0.39, 0.29) is 0 Å². The van der Waals surface area contributed by atoms with E-state index in [2.05, 4.69) is 26.0 Å². The van der Waals surface area contributed by atoms with Gasteiger partial charge in [-0.3, -0.25) is 0 Å². The van der Waals surface area contributed by atoms with Crippen LogP contribution in [0.3, 0.4) is 0 Å². The summed E-state index contributed by atoms with van der Waals surface area (Å²) in [5.74, 6) is 0. The summed E-state index contributed by atoms with van der Waals surface area (Å²) < 4.78 is 0. The molecule has 0 heteroatoms. The molecule has 0 N–H and O–H groups in total. The molecule has 0 atom stereocenters. The van der Waals surface area contributed by atoms with Gasteiger partial charge in [-0.2, -0.15) is 0 Å². The highest BCUT2D eigenvalue weighted by atomic mass is 14.0. The van der Waals surface area contributed by atoms with Gasteiger partial charge in [0, 0.05) is 0 Å². The Balaban J connectivity index is 3.00. The van der Waals surface area contributed by atoms with Gasteiger partial charge in [0.15, 0.2) is 0 Å². The van der Waals surface area contributed by atoms with Crippen molar-refractivity contribution in [1.29, 1.82) is 0 Å². The van der Waals surface area contributed by atoms with Crippen LogP contribution in [0.2, 0.25) is 0 Å². The van der Waals surface area contributed by atoms with E-state index in [1.807, 2.05) is 0 Å². The van der Waals surface area contributed by atoms with Gasteiger partial charge in [0.2, 0.25) is 0 Å². The summed E-state index contributed by atoms with van der Waals surface area (Å²) in [7, 11) is 0. The second-order valence-corrected chi connectivity index (χ2v) is 9.53. The fourth-order valence-corrected chi connectivity index (χ4v) is 4.33. The minimum Gasteiger partial charge on any atom is -0.0885 e. The number of hydrogen-bond donors (Lipinski definition) is 0. The summed E-state index contributed by atoms with van der Waals surface area (Å²) in [5.41, 5.74) is 0. The molecule has 0 aromatic rings. The minimum atomic E-state index is 1.04. The molecule has 0 aromatic carbocycles. The first kappa shape index (κ1) is 29.7. The fourth-order valence-electron chi connectivity index (χ4n) is 4.33. The summed E-state index contributed by atoms with van der Waals surface area (Å²) in [4.78, 5) is 0. The first-order valence-electron chi connectivity index (χ1n) is 14.1. The minimum absolute atomic E-state index is 1.04. The van der Waals surface area contributed by atoms with Crippen LogP contribution in [0.5, 0.6) is 0 Å². The molecule has 0 bridgehead atoms. The van der Waals surface area contributed by atoms with E-state index in [1.54, 1.807) is 0 Å².